The van der Waals surface area contributed by atoms with Gasteiger partial charge in [-0.2, -0.15) is 0 Å². The number of sulfonamides is 1. The number of amides is 2. The van der Waals surface area contributed by atoms with Crippen molar-refractivity contribution in [1.82, 2.24) is 10.6 Å². The van der Waals surface area contributed by atoms with Gasteiger partial charge in [-0.05, 0) is 43.9 Å². The van der Waals surface area contributed by atoms with Crippen molar-refractivity contribution in [3.63, 3.8) is 0 Å². The van der Waals surface area contributed by atoms with E-state index in [0.717, 1.165) is 36.8 Å². The van der Waals surface area contributed by atoms with Gasteiger partial charge in [0.2, 0.25) is 10.0 Å². The number of rotatable bonds is 6. The van der Waals surface area contributed by atoms with Gasteiger partial charge >= 0.3 is 6.03 Å². The van der Waals surface area contributed by atoms with E-state index in [1.54, 1.807) is 6.07 Å². The number of carbonyl (C=O) groups is 1. The highest BCUT2D eigenvalue weighted by atomic mass is 32.2. The maximum absolute atomic E-state index is 12.2. The Balaban J connectivity index is 1.94. The van der Waals surface area contributed by atoms with Gasteiger partial charge in [0, 0.05) is 12.6 Å². The zero-order valence-corrected chi connectivity index (χ0v) is 16.2. The molecule has 0 spiro atoms. The molecule has 6 nitrogen and oxygen atoms in total. The second-order valence-corrected chi connectivity index (χ2v) is 8.70. The number of urea groups is 1. The molecular formula is C18H29N3O3S. The van der Waals surface area contributed by atoms with Crippen LogP contribution in [0, 0.1) is 13.8 Å². The van der Waals surface area contributed by atoms with Crippen LogP contribution in [-0.4, -0.2) is 39.8 Å². The first-order chi connectivity index (χ1) is 11.8. The lowest BCUT2D eigenvalue weighted by molar-refractivity contribution is 0.233. The maximum Gasteiger partial charge on any atom is 0.315 e. The number of carbonyl (C=O) groups excluding carboxylic acids is 1. The van der Waals surface area contributed by atoms with E-state index in [1.165, 1.54) is 17.0 Å². The monoisotopic (exact) mass is 367 g/mol. The summed E-state index contributed by atoms with van der Waals surface area (Å²) in [6, 6.07) is 5.61. The predicted octanol–water partition coefficient (Wildman–Crippen LogP) is 2.70. The van der Waals surface area contributed by atoms with Crippen molar-refractivity contribution in [1.29, 1.82) is 0 Å². The molecule has 1 fully saturated rings. The van der Waals surface area contributed by atoms with Gasteiger partial charge in [0.1, 0.15) is 0 Å². The van der Waals surface area contributed by atoms with Crippen molar-refractivity contribution < 1.29 is 13.2 Å². The Morgan fingerprint density at radius 1 is 1.20 bits per heavy atom. The first-order valence-electron chi connectivity index (χ1n) is 8.87. The molecule has 1 saturated carbocycles. The molecule has 25 heavy (non-hydrogen) atoms. The standard InChI is InChI=1S/C18H29N3O3S/c1-14-8-7-11-17(15(14)2)21(25(3,23)24)13-12-19-18(22)20-16-9-5-4-6-10-16/h7-8,11,16H,4-6,9-10,12-13H2,1-3H3,(H2,19,20,22). The van der Waals surface area contributed by atoms with Gasteiger partial charge in [0.15, 0.2) is 0 Å². The fourth-order valence-corrected chi connectivity index (χ4v) is 4.20. The van der Waals surface area contributed by atoms with Gasteiger partial charge in [-0.1, -0.05) is 31.4 Å². The van der Waals surface area contributed by atoms with E-state index >= 15 is 0 Å². The Bertz CT molecular complexity index is 698. The summed E-state index contributed by atoms with van der Waals surface area (Å²) < 4.78 is 25.7. The molecule has 0 unspecified atom stereocenters. The minimum atomic E-state index is -3.42. The first-order valence-corrected chi connectivity index (χ1v) is 10.7. The van der Waals surface area contributed by atoms with Gasteiger partial charge < -0.3 is 10.6 Å². The quantitative estimate of drug-likeness (QED) is 0.811. The van der Waals surface area contributed by atoms with Gasteiger partial charge in [0.05, 0.1) is 18.5 Å². The average molecular weight is 368 g/mol. The summed E-state index contributed by atoms with van der Waals surface area (Å²) in [5.74, 6) is 0. The van der Waals surface area contributed by atoms with Crippen molar-refractivity contribution in [2.75, 3.05) is 23.7 Å². The Kier molecular flexibility index (Phi) is 6.70. The van der Waals surface area contributed by atoms with E-state index in [-0.39, 0.29) is 25.2 Å². The van der Waals surface area contributed by atoms with Crippen LogP contribution in [0.2, 0.25) is 0 Å². The van der Waals surface area contributed by atoms with Crippen molar-refractivity contribution in [2.45, 2.75) is 52.0 Å². The largest absolute Gasteiger partial charge is 0.336 e. The summed E-state index contributed by atoms with van der Waals surface area (Å²) in [5, 5.41) is 5.75. The number of aryl methyl sites for hydroxylation is 1. The molecule has 2 N–H and O–H groups in total. The van der Waals surface area contributed by atoms with Crippen LogP contribution in [0.25, 0.3) is 0 Å². The second kappa shape index (κ2) is 8.56. The fraction of sp³-hybridized carbons (Fsp3) is 0.611. The normalized spacial score (nSPS) is 15.6. The molecule has 2 rings (SSSR count). The molecule has 140 valence electrons. The highest BCUT2D eigenvalue weighted by Crippen LogP contribution is 2.24. The van der Waals surface area contributed by atoms with Crippen LogP contribution >= 0.6 is 0 Å². The summed E-state index contributed by atoms with van der Waals surface area (Å²) in [6.45, 7) is 4.33. The van der Waals surface area contributed by atoms with E-state index in [0.29, 0.717) is 5.69 Å². The zero-order valence-electron chi connectivity index (χ0n) is 15.3. The third kappa shape index (κ3) is 5.63. The smallest absolute Gasteiger partial charge is 0.315 e. The highest BCUT2D eigenvalue weighted by molar-refractivity contribution is 7.92. The van der Waals surface area contributed by atoms with Crippen molar-refractivity contribution >= 4 is 21.7 Å². The Morgan fingerprint density at radius 3 is 2.52 bits per heavy atom. The molecule has 0 heterocycles. The molecule has 0 bridgehead atoms. The summed E-state index contributed by atoms with van der Waals surface area (Å²) in [6.07, 6.45) is 6.77. The Morgan fingerprint density at radius 2 is 1.88 bits per heavy atom. The lowest BCUT2D eigenvalue weighted by Gasteiger charge is -2.26. The van der Waals surface area contributed by atoms with Crippen LogP contribution in [0.5, 0.6) is 0 Å². The molecular weight excluding hydrogens is 338 g/mol. The van der Waals surface area contributed by atoms with Crippen molar-refractivity contribution in [3.8, 4) is 0 Å². The third-order valence-electron chi connectivity index (χ3n) is 4.79. The minimum absolute atomic E-state index is 0.210. The number of nitrogens with one attached hydrogen (secondary N) is 2. The summed E-state index contributed by atoms with van der Waals surface area (Å²) in [7, 11) is -3.42. The van der Waals surface area contributed by atoms with Gasteiger partial charge in [0.25, 0.3) is 0 Å². The van der Waals surface area contributed by atoms with Gasteiger partial charge in [-0.15, -0.1) is 0 Å². The Hall–Kier alpha value is -1.76. The number of anilines is 1. The molecule has 2 amide bonds. The molecule has 0 aromatic heterocycles. The number of nitrogens with zero attached hydrogens (tertiary/aromatic N) is 1. The summed E-state index contributed by atoms with van der Waals surface area (Å²) in [4.78, 5) is 12.0. The molecule has 1 aliphatic rings. The topological polar surface area (TPSA) is 78.5 Å². The van der Waals surface area contributed by atoms with E-state index < -0.39 is 10.0 Å². The van der Waals surface area contributed by atoms with Crippen LogP contribution in [0.15, 0.2) is 18.2 Å². The van der Waals surface area contributed by atoms with E-state index in [9.17, 15) is 13.2 Å². The molecule has 1 aliphatic carbocycles. The fourth-order valence-electron chi connectivity index (χ4n) is 3.23. The van der Waals surface area contributed by atoms with E-state index in [4.69, 9.17) is 0 Å². The molecule has 0 saturated heterocycles. The number of hydrogen-bond acceptors (Lipinski definition) is 3. The van der Waals surface area contributed by atoms with Crippen LogP contribution in [0.4, 0.5) is 10.5 Å². The minimum Gasteiger partial charge on any atom is -0.336 e. The molecule has 0 radical (unpaired) electrons. The molecule has 1 aromatic rings. The maximum atomic E-state index is 12.2. The second-order valence-electron chi connectivity index (χ2n) is 6.79. The SMILES string of the molecule is Cc1cccc(N(CCNC(=O)NC2CCCCC2)S(C)(=O)=O)c1C. The lowest BCUT2D eigenvalue weighted by atomic mass is 9.96. The summed E-state index contributed by atoms with van der Waals surface area (Å²) in [5.41, 5.74) is 2.63. The van der Waals surface area contributed by atoms with E-state index in [2.05, 4.69) is 10.6 Å². The van der Waals surface area contributed by atoms with Crippen LogP contribution in [0.1, 0.15) is 43.2 Å². The van der Waals surface area contributed by atoms with Gasteiger partial charge in [-0.3, -0.25) is 4.31 Å². The van der Waals surface area contributed by atoms with Crippen LogP contribution in [-0.2, 0) is 10.0 Å². The molecule has 0 aliphatic heterocycles. The average Bonchev–Trinajstić information content (AvgIpc) is 2.54. The number of benzene rings is 1. The van der Waals surface area contributed by atoms with Crippen molar-refractivity contribution in [3.05, 3.63) is 29.3 Å². The molecule has 0 atom stereocenters. The third-order valence-corrected chi connectivity index (χ3v) is 5.97. The lowest BCUT2D eigenvalue weighted by Crippen LogP contribution is -2.46. The molecule has 7 heteroatoms. The van der Waals surface area contributed by atoms with E-state index in [1.807, 2.05) is 26.0 Å². The number of hydrogen-bond donors (Lipinski definition) is 2. The zero-order chi connectivity index (χ0) is 18.4. The Labute approximate surface area is 151 Å². The van der Waals surface area contributed by atoms with Crippen LogP contribution in [0.3, 0.4) is 0 Å². The predicted molar refractivity (Wildman–Crippen MR) is 102 cm³/mol. The van der Waals surface area contributed by atoms with Gasteiger partial charge in [-0.25, -0.2) is 13.2 Å². The van der Waals surface area contributed by atoms with Crippen LogP contribution < -0.4 is 14.9 Å². The molecule has 1 aromatic carbocycles. The van der Waals surface area contributed by atoms with Crippen molar-refractivity contribution in [2.24, 2.45) is 0 Å². The first kappa shape index (κ1) is 19.6. The highest BCUT2D eigenvalue weighted by Gasteiger charge is 2.20. The summed E-state index contributed by atoms with van der Waals surface area (Å²) >= 11 is 0.